The summed E-state index contributed by atoms with van der Waals surface area (Å²) in [7, 11) is 0. The summed E-state index contributed by atoms with van der Waals surface area (Å²) in [5.41, 5.74) is 2.86. The van der Waals surface area contributed by atoms with Crippen LogP contribution in [-0.4, -0.2) is 39.7 Å². The van der Waals surface area contributed by atoms with Gasteiger partial charge in [-0.2, -0.15) is 18.3 Å². The summed E-state index contributed by atoms with van der Waals surface area (Å²) in [5, 5.41) is 10.3. The van der Waals surface area contributed by atoms with Crippen molar-refractivity contribution >= 4 is 23.4 Å². The summed E-state index contributed by atoms with van der Waals surface area (Å²) in [6, 6.07) is 11.4. The van der Waals surface area contributed by atoms with Crippen LogP contribution in [0.3, 0.4) is 0 Å². The zero-order valence-corrected chi connectivity index (χ0v) is 23.2. The van der Waals surface area contributed by atoms with Gasteiger partial charge in [-0.05, 0) is 56.2 Å². The molecule has 0 unspecified atom stereocenters. The van der Waals surface area contributed by atoms with Crippen LogP contribution in [0.25, 0.3) is 5.69 Å². The summed E-state index contributed by atoms with van der Waals surface area (Å²) in [6.07, 6.45) is -3.02. The quantitative estimate of drug-likeness (QED) is 0.319. The van der Waals surface area contributed by atoms with Gasteiger partial charge in [0, 0.05) is 23.7 Å². The van der Waals surface area contributed by atoms with Crippen LogP contribution in [0, 0.1) is 13.8 Å². The second-order valence-electron chi connectivity index (χ2n) is 10.7. The number of benzene rings is 2. The highest BCUT2D eigenvalue weighted by atomic mass is 19.4. The van der Waals surface area contributed by atoms with E-state index in [9.17, 15) is 22.8 Å². The van der Waals surface area contributed by atoms with E-state index in [1.165, 1.54) is 17.0 Å². The first-order chi connectivity index (χ1) is 18.2. The van der Waals surface area contributed by atoms with E-state index in [0.29, 0.717) is 18.8 Å². The molecule has 10 heteroatoms. The lowest BCUT2D eigenvalue weighted by atomic mass is 9.92. The summed E-state index contributed by atoms with van der Waals surface area (Å²) >= 11 is 0. The number of rotatable bonds is 8. The molecule has 0 bridgehead atoms. The highest BCUT2D eigenvalue weighted by Gasteiger charge is 2.30. The Labute approximate surface area is 227 Å². The Kier molecular flexibility index (Phi) is 9.09. The fourth-order valence-corrected chi connectivity index (χ4v) is 3.97. The molecule has 0 saturated carbocycles. The average Bonchev–Trinajstić information content (AvgIpc) is 3.25. The van der Waals surface area contributed by atoms with E-state index in [1.54, 1.807) is 4.68 Å². The molecule has 3 aromatic rings. The Morgan fingerprint density at radius 2 is 1.64 bits per heavy atom. The number of hydrogen-bond acceptors (Lipinski definition) is 3. The van der Waals surface area contributed by atoms with E-state index in [1.807, 2.05) is 65.8 Å². The number of aromatic nitrogens is 2. The molecule has 7 nitrogen and oxygen atoms in total. The number of nitrogens with zero attached hydrogens (tertiary/aromatic N) is 3. The largest absolute Gasteiger partial charge is 0.416 e. The molecular weight excluding hydrogens is 507 g/mol. The van der Waals surface area contributed by atoms with Gasteiger partial charge in [-0.25, -0.2) is 9.48 Å². The molecule has 0 atom stereocenters. The second-order valence-corrected chi connectivity index (χ2v) is 10.7. The minimum atomic E-state index is -4.47. The van der Waals surface area contributed by atoms with Crippen LogP contribution < -0.4 is 10.6 Å². The van der Waals surface area contributed by atoms with Gasteiger partial charge in [0.15, 0.2) is 0 Å². The van der Waals surface area contributed by atoms with E-state index in [2.05, 4.69) is 10.6 Å². The van der Waals surface area contributed by atoms with Gasteiger partial charge < -0.3 is 15.5 Å². The maximum atomic E-state index is 13.2. The van der Waals surface area contributed by atoms with Crippen LogP contribution >= 0.6 is 0 Å². The SMILES string of the molecule is CCCCN(CC(=O)Nc1cc(C(C)(C)C)nn1-c1ccc(C)cc1C)C(=O)Nc1ccc(C(F)(F)F)cc1. The van der Waals surface area contributed by atoms with Crippen molar-refractivity contribution in [1.29, 1.82) is 0 Å². The Morgan fingerprint density at radius 1 is 0.974 bits per heavy atom. The molecule has 1 heterocycles. The number of carbonyl (C=O) groups excluding carboxylic acids is 2. The van der Waals surface area contributed by atoms with Crippen molar-refractivity contribution in [2.75, 3.05) is 23.7 Å². The van der Waals surface area contributed by atoms with Gasteiger partial charge >= 0.3 is 12.2 Å². The number of aryl methyl sites for hydroxylation is 2. The first-order valence-corrected chi connectivity index (χ1v) is 12.9. The van der Waals surface area contributed by atoms with E-state index < -0.39 is 23.7 Å². The molecule has 0 saturated heterocycles. The summed E-state index contributed by atoms with van der Waals surface area (Å²) in [5.74, 6) is 0.0653. The monoisotopic (exact) mass is 543 g/mol. The molecule has 210 valence electrons. The third-order valence-corrected chi connectivity index (χ3v) is 6.19. The lowest BCUT2D eigenvalue weighted by molar-refractivity contribution is -0.137. The Bertz CT molecular complexity index is 1310. The summed E-state index contributed by atoms with van der Waals surface area (Å²) in [6.45, 7) is 12.1. The first kappa shape index (κ1) is 29.7. The highest BCUT2D eigenvalue weighted by Crippen LogP contribution is 2.30. The van der Waals surface area contributed by atoms with E-state index >= 15 is 0 Å². The van der Waals surface area contributed by atoms with Gasteiger partial charge in [-0.15, -0.1) is 0 Å². The minimum Gasteiger partial charge on any atom is -0.315 e. The van der Waals surface area contributed by atoms with Crippen LogP contribution in [0.1, 0.15) is 62.9 Å². The molecule has 3 rings (SSSR count). The third kappa shape index (κ3) is 7.84. The van der Waals surface area contributed by atoms with Crippen molar-refractivity contribution in [3.8, 4) is 5.69 Å². The molecule has 1 aromatic heterocycles. The molecule has 0 aliphatic heterocycles. The van der Waals surface area contributed by atoms with Crippen molar-refractivity contribution in [3.05, 3.63) is 70.9 Å². The highest BCUT2D eigenvalue weighted by molar-refractivity contribution is 5.96. The summed E-state index contributed by atoms with van der Waals surface area (Å²) in [4.78, 5) is 27.5. The van der Waals surface area contributed by atoms with Crippen LogP contribution in [0.2, 0.25) is 0 Å². The zero-order valence-electron chi connectivity index (χ0n) is 23.2. The van der Waals surface area contributed by atoms with Crippen LogP contribution in [0.4, 0.5) is 29.5 Å². The van der Waals surface area contributed by atoms with Gasteiger partial charge in [0.2, 0.25) is 5.91 Å². The standard InChI is InChI=1S/C29H36F3N5O2/c1-7-8-15-36(27(39)33-22-12-10-21(11-13-22)29(30,31)32)18-26(38)34-25-17-24(28(4,5)6)35-37(25)23-14-9-19(2)16-20(23)3/h9-14,16-17H,7-8,15,18H2,1-6H3,(H,33,39)(H,34,38). The molecule has 39 heavy (non-hydrogen) atoms. The minimum absolute atomic E-state index is 0.206. The molecule has 0 aliphatic rings. The Balaban J connectivity index is 1.81. The number of alkyl halides is 3. The number of anilines is 2. The molecule has 0 fully saturated rings. The third-order valence-electron chi connectivity index (χ3n) is 6.19. The molecule has 0 spiro atoms. The van der Waals surface area contributed by atoms with E-state index in [4.69, 9.17) is 5.10 Å². The van der Waals surface area contributed by atoms with Crippen molar-refractivity contribution in [1.82, 2.24) is 14.7 Å². The lowest BCUT2D eigenvalue weighted by Gasteiger charge is -2.23. The molecule has 0 aliphatic carbocycles. The van der Waals surface area contributed by atoms with Crippen molar-refractivity contribution in [2.24, 2.45) is 0 Å². The normalized spacial score (nSPS) is 11.8. The molecule has 2 aromatic carbocycles. The number of carbonyl (C=O) groups is 2. The smallest absolute Gasteiger partial charge is 0.315 e. The van der Waals surface area contributed by atoms with Gasteiger partial charge in [0.05, 0.1) is 16.9 Å². The van der Waals surface area contributed by atoms with Crippen molar-refractivity contribution < 1.29 is 22.8 Å². The number of urea groups is 1. The number of hydrogen-bond donors (Lipinski definition) is 2. The number of unbranched alkanes of at least 4 members (excludes halogenated alkanes) is 1. The Morgan fingerprint density at radius 3 is 2.21 bits per heavy atom. The maximum absolute atomic E-state index is 13.2. The van der Waals surface area contributed by atoms with Gasteiger partial charge in [0.1, 0.15) is 12.4 Å². The first-order valence-electron chi connectivity index (χ1n) is 12.9. The summed E-state index contributed by atoms with van der Waals surface area (Å²) < 4.78 is 40.3. The van der Waals surface area contributed by atoms with E-state index in [0.717, 1.165) is 41.1 Å². The number of amides is 3. The lowest BCUT2D eigenvalue weighted by Crippen LogP contribution is -2.41. The molecular formula is C29H36F3N5O2. The molecule has 3 amide bonds. The van der Waals surface area contributed by atoms with Crippen LogP contribution in [0.5, 0.6) is 0 Å². The van der Waals surface area contributed by atoms with E-state index in [-0.39, 0.29) is 17.6 Å². The second kappa shape index (κ2) is 11.9. The van der Waals surface area contributed by atoms with Gasteiger partial charge in [-0.1, -0.05) is 51.8 Å². The number of nitrogens with one attached hydrogen (secondary N) is 2. The fraction of sp³-hybridized carbons (Fsp3) is 0.414. The zero-order chi connectivity index (χ0) is 29.0. The molecule has 0 radical (unpaired) electrons. The fourth-order valence-electron chi connectivity index (χ4n) is 3.97. The van der Waals surface area contributed by atoms with Gasteiger partial charge in [-0.3, -0.25) is 4.79 Å². The average molecular weight is 544 g/mol. The topological polar surface area (TPSA) is 79.3 Å². The predicted molar refractivity (Wildman–Crippen MR) is 147 cm³/mol. The number of halogens is 3. The van der Waals surface area contributed by atoms with Crippen molar-refractivity contribution in [3.63, 3.8) is 0 Å². The van der Waals surface area contributed by atoms with Gasteiger partial charge in [0.25, 0.3) is 0 Å². The van der Waals surface area contributed by atoms with Crippen molar-refractivity contribution in [2.45, 2.75) is 66.0 Å². The molecule has 2 N–H and O–H groups in total. The maximum Gasteiger partial charge on any atom is 0.416 e. The van der Waals surface area contributed by atoms with Crippen LogP contribution in [0.15, 0.2) is 48.5 Å². The predicted octanol–water partition coefficient (Wildman–Crippen LogP) is 7.08. The van der Waals surface area contributed by atoms with Crippen LogP contribution in [-0.2, 0) is 16.4 Å². The Hall–Kier alpha value is -3.82.